The van der Waals surface area contributed by atoms with Crippen LogP contribution in [0.15, 0.2) is 42.6 Å². The number of aryl methyl sites for hydroxylation is 1. The predicted molar refractivity (Wildman–Crippen MR) is 127 cm³/mol. The van der Waals surface area contributed by atoms with Crippen molar-refractivity contribution in [2.24, 2.45) is 0 Å². The number of ether oxygens (including phenoxy) is 2. The molecule has 1 saturated carbocycles. The highest BCUT2D eigenvalue weighted by Crippen LogP contribution is 2.18. The van der Waals surface area contributed by atoms with Crippen molar-refractivity contribution in [2.75, 3.05) is 13.7 Å². The fourth-order valence-corrected chi connectivity index (χ4v) is 4.01. The van der Waals surface area contributed by atoms with Gasteiger partial charge in [-0.1, -0.05) is 44.4 Å². The number of carbonyl (C=O) groups is 2. The molecule has 178 valence electrons. The normalized spacial score (nSPS) is 14.8. The second kappa shape index (κ2) is 12.8. The summed E-state index contributed by atoms with van der Waals surface area (Å²) in [4.78, 5) is 29.1. The first kappa shape index (κ1) is 24.6. The van der Waals surface area contributed by atoms with Crippen molar-refractivity contribution in [3.63, 3.8) is 0 Å². The van der Waals surface area contributed by atoms with E-state index in [-0.39, 0.29) is 12.1 Å². The molecule has 7 nitrogen and oxygen atoms in total. The van der Waals surface area contributed by atoms with Gasteiger partial charge in [-0.25, -0.2) is 9.59 Å². The van der Waals surface area contributed by atoms with Crippen LogP contribution in [0.3, 0.4) is 0 Å². The molecule has 1 aromatic carbocycles. The number of hydrogen-bond acceptors (Lipinski definition) is 5. The van der Waals surface area contributed by atoms with Crippen LogP contribution >= 0.6 is 0 Å². The van der Waals surface area contributed by atoms with Gasteiger partial charge in [0.2, 0.25) is 0 Å². The first-order chi connectivity index (χ1) is 16.1. The van der Waals surface area contributed by atoms with E-state index in [0.29, 0.717) is 13.0 Å². The molecule has 33 heavy (non-hydrogen) atoms. The van der Waals surface area contributed by atoms with E-state index in [9.17, 15) is 9.59 Å². The Bertz CT molecular complexity index is 877. The van der Waals surface area contributed by atoms with E-state index < -0.39 is 12.0 Å². The maximum Gasteiger partial charge on any atom is 0.328 e. The van der Waals surface area contributed by atoms with Gasteiger partial charge in [-0.05, 0) is 48.6 Å². The van der Waals surface area contributed by atoms with Crippen LogP contribution in [0.4, 0.5) is 4.79 Å². The molecule has 0 spiro atoms. The maximum atomic E-state index is 12.4. The zero-order valence-corrected chi connectivity index (χ0v) is 19.6. The Hall–Kier alpha value is -3.09. The van der Waals surface area contributed by atoms with Crippen molar-refractivity contribution in [2.45, 2.75) is 70.4 Å². The second-order valence-corrected chi connectivity index (χ2v) is 8.49. The number of amides is 2. The Kier molecular flexibility index (Phi) is 9.54. The number of benzene rings is 1. The third-order valence-electron chi connectivity index (χ3n) is 6.02. The van der Waals surface area contributed by atoms with Crippen molar-refractivity contribution < 1.29 is 19.1 Å². The number of nitrogens with one attached hydrogen (secondary N) is 2. The van der Waals surface area contributed by atoms with E-state index in [4.69, 9.17) is 9.47 Å². The molecule has 0 aliphatic heterocycles. The molecule has 2 amide bonds. The molecule has 7 heteroatoms. The number of esters is 1. The summed E-state index contributed by atoms with van der Waals surface area (Å²) in [6.07, 6.45) is 9.40. The standard InChI is InChI=1S/C26H35N3O4/c1-3-19-9-12-21(27-18-19)15-16-33-23-13-10-20(11-14-23)17-24(25(30)32-2)29-26(31)28-22-7-5-4-6-8-22/h9-14,18,22,24H,3-8,15-17H2,1-2H3,(H2,28,29,31). The number of hydrogen-bond donors (Lipinski definition) is 2. The number of pyridine rings is 1. The monoisotopic (exact) mass is 453 g/mol. The van der Waals surface area contributed by atoms with Gasteiger partial charge in [-0.2, -0.15) is 0 Å². The Labute approximate surface area is 196 Å². The van der Waals surface area contributed by atoms with Crippen molar-refractivity contribution in [1.29, 1.82) is 0 Å². The van der Waals surface area contributed by atoms with E-state index >= 15 is 0 Å². The van der Waals surface area contributed by atoms with E-state index in [0.717, 1.165) is 55.5 Å². The molecule has 0 saturated heterocycles. The summed E-state index contributed by atoms with van der Waals surface area (Å²) in [6.45, 7) is 2.64. The Morgan fingerprint density at radius 1 is 1.06 bits per heavy atom. The van der Waals surface area contributed by atoms with Crippen LogP contribution in [-0.2, 0) is 28.8 Å². The topological polar surface area (TPSA) is 89.6 Å². The lowest BCUT2D eigenvalue weighted by Crippen LogP contribution is -2.50. The number of aromatic nitrogens is 1. The van der Waals surface area contributed by atoms with Crippen LogP contribution in [0, 0.1) is 0 Å². The maximum absolute atomic E-state index is 12.4. The van der Waals surface area contributed by atoms with Crippen molar-refractivity contribution in [3.05, 3.63) is 59.4 Å². The quantitative estimate of drug-likeness (QED) is 0.531. The Morgan fingerprint density at radius 3 is 2.42 bits per heavy atom. The molecule has 1 fully saturated rings. The molecular weight excluding hydrogens is 418 g/mol. The smallest absolute Gasteiger partial charge is 0.328 e. The molecule has 3 rings (SSSR count). The number of rotatable bonds is 10. The van der Waals surface area contributed by atoms with Crippen LogP contribution in [0.1, 0.15) is 55.8 Å². The van der Waals surface area contributed by atoms with Crippen LogP contribution in [0.2, 0.25) is 0 Å². The van der Waals surface area contributed by atoms with Crippen molar-refractivity contribution in [3.8, 4) is 5.75 Å². The molecule has 1 heterocycles. The highest BCUT2D eigenvalue weighted by atomic mass is 16.5. The molecular formula is C26H35N3O4. The number of methoxy groups -OCH3 is 1. The van der Waals surface area contributed by atoms with Gasteiger partial charge >= 0.3 is 12.0 Å². The van der Waals surface area contributed by atoms with E-state index in [1.54, 1.807) is 0 Å². The van der Waals surface area contributed by atoms with Gasteiger partial charge in [0.15, 0.2) is 0 Å². The van der Waals surface area contributed by atoms with Crippen molar-refractivity contribution >= 4 is 12.0 Å². The van der Waals surface area contributed by atoms with E-state index in [1.807, 2.05) is 36.5 Å². The Morgan fingerprint density at radius 2 is 1.79 bits per heavy atom. The van der Waals surface area contributed by atoms with Gasteiger partial charge in [-0.15, -0.1) is 0 Å². The van der Waals surface area contributed by atoms with Gasteiger partial charge in [0.1, 0.15) is 11.8 Å². The first-order valence-corrected chi connectivity index (χ1v) is 11.9. The molecule has 2 N–H and O–H groups in total. The van der Waals surface area contributed by atoms with Gasteiger partial charge in [0.25, 0.3) is 0 Å². The molecule has 2 aromatic rings. The molecule has 0 radical (unpaired) electrons. The zero-order chi connectivity index (χ0) is 23.5. The second-order valence-electron chi connectivity index (χ2n) is 8.49. The number of nitrogens with zero attached hydrogens (tertiary/aromatic N) is 1. The number of urea groups is 1. The lowest BCUT2D eigenvalue weighted by atomic mass is 9.96. The lowest BCUT2D eigenvalue weighted by Gasteiger charge is -2.24. The molecule has 1 unspecified atom stereocenters. The lowest BCUT2D eigenvalue weighted by molar-refractivity contribution is -0.142. The van der Waals surface area contributed by atoms with Crippen LogP contribution < -0.4 is 15.4 Å². The van der Waals surface area contributed by atoms with E-state index in [1.165, 1.54) is 19.1 Å². The minimum Gasteiger partial charge on any atom is -0.493 e. The SMILES string of the molecule is CCc1ccc(CCOc2ccc(CC(NC(=O)NC3CCCCC3)C(=O)OC)cc2)nc1. The van der Waals surface area contributed by atoms with Crippen LogP contribution in [0.25, 0.3) is 0 Å². The molecule has 1 atom stereocenters. The van der Waals surface area contributed by atoms with Crippen molar-refractivity contribution in [1.82, 2.24) is 15.6 Å². The summed E-state index contributed by atoms with van der Waals surface area (Å²) in [6, 6.07) is 10.8. The minimum atomic E-state index is -0.748. The fourth-order valence-electron chi connectivity index (χ4n) is 4.01. The van der Waals surface area contributed by atoms with Crippen LogP contribution in [-0.4, -0.2) is 42.8 Å². The number of carbonyl (C=O) groups excluding carboxylic acids is 2. The molecule has 0 bridgehead atoms. The average molecular weight is 454 g/mol. The van der Waals surface area contributed by atoms with Gasteiger partial charge in [0.05, 0.1) is 13.7 Å². The van der Waals surface area contributed by atoms with Gasteiger partial charge < -0.3 is 20.1 Å². The summed E-state index contributed by atoms with van der Waals surface area (Å²) in [5, 5.41) is 5.76. The highest BCUT2D eigenvalue weighted by Gasteiger charge is 2.24. The minimum absolute atomic E-state index is 0.174. The Balaban J connectivity index is 1.48. The van der Waals surface area contributed by atoms with E-state index in [2.05, 4.69) is 28.6 Å². The molecule has 1 aliphatic carbocycles. The van der Waals surface area contributed by atoms with Crippen LogP contribution in [0.5, 0.6) is 5.75 Å². The highest BCUT2D eigenvalue weighted by molar-refractivity contribution is 5.83. The largest absolute Gasteiger partial charge is 0.493 e. The first-order valence-electron chi connectivity index (χ1n) is 11.9. The summed E-state index contributed by atoms with van der Waals surface area (Å²) >= 11 is 0. The molecule has 1 aliphatic rings. The zero-order valence-electron chi connectivity index (χ0n) is 19.6. The van der Waals surface area contributed by atoms with Gasteiger partial charge in [0, 0.05) is 30.8 Å². The summed E-state index contributed by atoms with van der Waals surface area (Å²) in [5.41, 5.74) is 3.14. The third-order valence-corrected chi connectivity index (χ3v) is 6.02. The summed E-state index contributed by atoms with van der Waals surface area (Å²) in [7, 11) is 1.33. The predicted octanol–water partition coefficient (Wildman–Crippen LogP) is 3.98. The van der Waals surface area contributed by atoms with Gasteiger partial charge in [-0.3, -0.25) is 4.98 Å². The average Bonchev–Trinajstić information content (AvgIpc) is 2.85. The summed E-state index contributed by atoms with van der Waals surface area (Å²) < 4.78 is 10.7. The third kappa shape index (κ3) is 8.08. The molecule has 1 aromatic heterocycles. The summed E-state index contributed by atoms with van der Waals surface area (Å²) in [5.74, 6) is 0.289. The fraction of sp³-hybridized carbons (Fsp3) is 0.500.